The third-order valence-electron chi connectivity index (χ3n) is 8.57. The first-order valence-electron chi connectivity index (χ1n) is 15.4. The van der Waals surface area contributed by atoms with Gasteiger partial charge in [-0.2, -0.15) is 8.75 Å². The van der Waals surface area contributed by atoms with Gasteiger partial charge in [0.25, 0.3) is 0 Å². The van der Waals surface area contributed by atoms with Crippen molar-refractivity contribution in [3.05, 3.63) is 152 Å². The van der Waals surface area contributed by atoms with Crippen LogP contribution in [0.4, 0.5) is 0 Å². The van der Waals surface area contributed by atoms with Crippen molar-refractivity contribution in [1.29, 1.82) is 0 Å². The molecule has 0 fully saturated rings. The minimum absolute atomic E-state index is 0.674. The number of nitrogens with zero attached hydrogens (tertiary/aromatic N) is 5. The standard InChI is InChI=1S/C41H25N5S/c1-4-10-26(11-5-1)27-16-18-30(19-17-27)41-43-35(28-12-6-2-7-13-28)25-36(44-41)31-20-21-32-37(24-31)42-39(29-14-8-3-9-15-29)33-22-23-34-40(38(32)33)46-47-45-34/h1-25H. The van der Waals surface area contributed by atoms with Crippen LogP contribution in [-0.2, 0) is 0 Å². The molecule has 0 aliphatic rings. The average molecular weight is 620 g/mol. The van der Waals surface area contributed by atoms with Gasteiger partial charge in [0, 0.05) is 38.4 Å². The highest BCUT2D eigenvalue weighted by Crippen LogP contribution is 2.38. The van der Waals surface area contributed by atoms with Gasteiger partial charge in [-0.3, -0.25) is 0 Å². The number of benzene rings is 6. The first kappa shape index (κ1) is 27.2. The molecular formula is C41H25N5S. The van der Waals surface area contributed by atoms with Crippen LogP contribution in [0.5, 0.6) is 0 Å². The van der Waals surface area contributed by atoms with Crippen molar-refractivity contribution in [2.75, 3.05) is 0 Å². The van der Waals surface area contributed by atoms with E-state index >= 15 is 0 Å². The van der Waals surface area contributed by atoms with Crippen molar-refractivity contribution in [2.24, 2.45) is 0 Å². The lowest BCUT2D eigenvalue weighted by atomic mass is 9.97. The van der Waals surface area contributed by atoms with Gasteiger partial charge in [0.15, 0.2) is 5.82 Å². The molecule has 0 radical (unpaired) electrons. The Morgan fingerprint density at radius 2 is 0.957 bits per heavy atom. The Morgan fingerprint density at radius 3 is 1.68 bits per heavy atom. The van der Waals surface area contributed by atoms with E-state index in [2.05, 4.69) is 108 Å². The summed E-state index contributed by atoms with van der Waals surface area (Å²) >= 11 is 1.24. The smallest absolute Gasteiger partial charge is 0.160 e. The molecule has 3 heterocycles. The summed E-state index contributed by atoms with van der Waals surface area (Å²) in [6.07, 6.45) is 0. The molecule has 3 aromatic heterocycles. The van der Waals surface area contributed by atoms with Crippen LogP contribution in [0.25, 0.3) is 89.0 Å². The van der Waals surface area contributed by atoms with E-state index in [4.69, 9.17) is 19.3 Å². The Bertz CT molecular complexity index is 2550. The molecule has 0 amide bonds. The fourth-order valence-corrected chi connectivity index (χ4v) is 6.78. The topological polar surface area (TPSA) is 64.5 Å². The van der Waals surface area contributed by atoms with Crippen LogP contribution in [0.3, 0.4) is 0 Å². The molecule has 0 unspecified atom stereocenters. The van der Waals surface area contributed by atoms with Crippen LogP contribution < -0.4 is 0 Å². The largest absolute Gasteiger partial charge is 0.247 e. The van der Waals surface area contributed by atoms with Gasteiger partial charge in [-0.1, -0.05) is 127 Å². The molecule has 0 aliphatic heterocycles. The molecule has 0 atom stereocenters. The summed E-state index contributed by atoms with van der Waals surface area (Å²) in [5.74, 6) is 0.674. The first-order valence-corrected chi connectivity index (χ1v) is 16.2. The third-order valence-corrected chi connectivity index (χ3v) is 9.11. The van der Waals surface area contributed by atoms with E-state index in [-0.39, 0.29) is 0 Å². The van der Waals surface area contributed by atoms with Gasteiger partial charge in [-0.25, -0.2) is 15.0 Å². The second-order valence-electron chi connectivity index (χ2n) is 11.4. The molecule has 0 spiro atoms. The fraction of sp³-hybridized carbons (Fsp3) is 0. The lowest BCUT2D eigenvalue weighted by Crippen LogP contribution is -1.96. The van der Waals surface area contributed by atoms with E-state index in [1.54, 1.807) is 0 Å². The minimum Gasteiger partial charge on any atom is -0.247 e. The van der Waals surface area contributed by atoms with Crippen molar-refractivity contribution < 1.29 is 0 Å². The van der Waals surface area contributed by atoms with Crippen LogP contribution in [0.15, 0.2) is 152 Å². The van der Waals surface area contributed by atoms with Crippen molar-refractivity contribution in [3.63, 3.8) is 0 Å². The van der Waals surface area contributed by atoms with E-state index in [1.165, 1.54) is 17.3 Å². The van der Waals surface area contributed by atoms with Crippen molar-refractivity contribution in [2.45, 2.75) is 0 Å². The third kappa shape index (κ3) is 4.92. The molecular weight excluding hydrogens is 595 g/mol. The van der Waals surface area contributed by atoms with E-state index < -0.39 is 0 Å². The number of fused-ring (bicyclic) bond motifs is 5. The van der Waals surface area contributed by atoms with Gasteiger partial charge in [0.2, 0.25) is 0 Å². The summed E-state index contributed by atoms with van der Waals surface area (Å²) in [5.41, 5.74) is 11.6. The molecule has 9 rings (SSSR count). The fourth-order valence-electron chi connectivity index (χ4n) is 6.24. The average Bonchev–Trinajstić information content (AvgIpc) is 3.65. The highest BCUT2D eigenvalue weighted by molar-refractivity contribution is 7.00. The van der Waals surface area contributed by atoms with Crippen LogP contribution in [0, 0.1) is 0 Å². The van der Waals surface area contributed by atoms with Crippen LogP contribution >= 0.6 is 11.7 Å². The maximum absolute atomic E-state index is 5.26. The van der Waals surface area contributed by atoms with Crippen LogP contribution in [0.1, 0.15) is 0 Å². The highest BCUT2D eigenvalue weighted by Gasteiger charge is 2.17. The molecule has 220 valence electrons. The van der Waals surface area contributed by atoms with Gasteiger partial charge in [0.05, 0.1) is 34.3 Å². The summed E-state index contributed by atoms with van der Waals surface area (Å²) in [7, 11) is 0. The summed E-state index contributed by atoms with van der Waals surface area (Å²) in [5, 5.41) is 3.17. The zero-order chi connectivity index (χ0) is 31.2. The predicted octanol–water partition coefficient (Wildman–Crippen LogP) is 10.5. The highest BCUT2D eigenvalue weighted by atomic mass is 32.1. The van der Waals surface area contributed by atoms with E-state index in [0.717, 1.165) is 77.6 Å². The van der Waals surface area contributed by atoms with Gasteiger partial charge < -0.3 is 0 Å². The van der Waals surface area contributed by atoms with Crippen LogP contribution in [0.2, 0.25) is 0 Å². The number of hydrogen-bond acceptors (Lipinski definition) is 6. The van der Waals surface area contributed by atoms with E-state index in [0.29, 0.717) is 5.82 Å². The minimum atomic E-state index is 0.674. The molecule has 9 aromatic rings. The quantitative estimate of drug-likeness (QED) is 0.179. The monoisotopic (exact) mass is 619 g/mol. The van der Waals surface area contributed by atoms with Gasteiger partial charge >= 0.3 is 0 Å². The SMILES string of the molecule is c1ccc(-c2ccc(-c3nc(-c4ccccc4)cc(-c4ccc5c(c4)nc(-c4ccccc4)c4ccc6nsnc6c45)n3)cc2)cc1. The second-order valence-corrected chi connectivity index (χ2v) is 12.0. The lowest BCUT2D eigenvalue weighted by Gasteiger charge is -2.13. The maximum atomic E-state index is 5.26. The van der Waals surface area contributed by atoms with E-state index in [9.17, 15) is 0 Å². The number of rotatable bonds is 5. The first-order chi connectivity index (χ1) is 23.3. The van der Waals surface area contributed by atoms with Crippen LogP contribution in [-0.4, -0.2) is 23.7 Å². The Morgan fingerprint density at radius 1 is 0.383 bits per heavy atom. The van der Waals surface area contributed by atoms with Gasteiger partial charge in [0.1, 0.15) is 11.0 Å². The Kier molecular flexibility index (Phi) is 6.58. The van der Waals surface area contributed by atoms with E-state index in [1.807, 2.05) is 48.5 Å². The molecule has 0 N–H and O–H groups in total. The predicted molar refractivity (Wildman–Crippen MR) is 193 cm³/mol. The zero-order valence-electron chi connectivity index (χ0n) is 25.1. The number of hydrogen-bond donors (Lipinski definition) is 0. The molecule has 6 heteroatoms. The molecule has 5 nitrogen and oxygen atoms in total. The molecule has 0 saturated carbocycles. The molecule has 6 aromatic carbocycles. The Hall–Kier alpha value is -6.11. The van der Waals surface area contributed by atoms with Gasteiger partial charge in [-0.15, -0.1) is 0 Å². The van der Waals surface area contributed by atoms with Gasteiger partial charge in [-0.05, 0) is 35.4 Å². The zero-order valence-corrected chi connectivity index (χ0v) is 25.9. The second kappa shape index (κ2) is 11.4. The molecule has 0 aliphatic carbocycles. The molecule has 0 bridgehead atoms. The Labute approximate surface area is 275 Å². The summed E-state index contributed by atoms with van der Waals surface area (Å²) < 4.78 is 9.25. The summed E-state index contributed by atoms with van der Waals surface area (Å²) in [6.45, 7) is 0. The Balaban J connectivity index is 1.24. The van der Waals surface area contributed by atoms with Crippen molar-refractivity contribution in [1.82, 2.24) is 23.7 Å². The number of aromatic nitrogens is 5. The summed E-state index contributed by atoms with van der Waals surface area (Å²) in [6, 6.07) is 52.1. The maximum Gasteiger partial charge on any atom is 0.160 e. The van der Waals surface area contributed by atoms with Crippen molar-refractivity contribution in [3.8, 4) is 56.3 Å². The molecule has 47 heavy (non-hydrogen) atoms. The summed E-state index contributed by atoms with van der Waals surface area (Å²) in [4.78, 5) is 15.4. The lowest BCUT2D eigenvalue weighted by molar-refractivity contribution is 1.18. The normalized spacial score (nSPS) is 11.4. The number of pyridine rings is 1. The van der Waals surface area contributed by atoms with Crippen molar-refractivity contribution >= 4 is 44.4 Å². The molecule has 0 saturated heterocycles.